The number of halogens is 2. The first-order valence-electron chi connectivity index (χ1n) is 13.0. The number of rotatable bonds is 11. The Morgan fingerprint density at radius 3 is 2.38 bits per heavy atom. The van der Waals surface area contributed by atoms with Crippen LogP contribution in [-0.4, -0.2) is 79.2 Å². The largest absolute Gasteiger partial charge is 0.459 e. The third-order valence-corrected chi connectivity index (χ3v) is 9.40. The van der Waals surface area contributed by atoms with Crippen LogP contribution in [0.3, 0.4) is 0 Å². The minimum Gasteiger partial charge on any atom is -0.459 e. The lowest BCUT2D eigenvalue weighted by Gasteiger charge is -2.38. The minimum absolute atomic E-state index is 0.302. The molecule has 0 radical (unpaired) electrons. The van der Waals surface area contributed by atoms with Crippen LogP contribution in [0.5, 0.6) is 0 Å². The molecule has 4 fully saturated rings. The van der Waals surface area contributed by atoms with E-state index in [2.05, 4.69) is 4.74 Å². The molecule has 7 unspecified atom stereocenters. The van der Waals surface area contributed by atoms with Crippen molar-refractivity contribution in [3.63, 3.8) is 0 Å². The van der Waals surface area contributed by atoms with Crippen molar-refractivity contribution in [2.75, 3.05) is 13.2 Å². The molecule has 1 heterocycles. The van der Waals surface area contributed by atoms with Crippen LogP contribution in [0.4, 0.5) is 8.78 Å². The summed E-state index contributed by atoms with van der Waals surface area (Å²) in [7, 11) is -5.83. The van der Waals surface area contributed by atoms with Gasteiger partial charge in [-0.3, -0.25) is 14.1 Å². The fraction of sp³-hybridized carbons (Fsp3) is 0.833. The van der Waals surface area contributed by atoms with E-state index < -0.39 is 94.1 Å². The summed E-state index contributed by atoms with van der Waals surface area (Å²) in [5, 5.41) is -4.74. The normalized spacial score (nSPS) is 31.9. The SMILES string of the molecule is CCC1(OC(=O)C2C3CC4C(OC(=O)C42)C3OC(=O)COCC(=O)OC(C)C(F)(F)S(=O)(=O)O)CCCCC1. The maximum Gasteiger partial charge on any atom is 0.405 e. The Labute approximate surface area is 223 Å². The van der Waals surface area contributed by atoms with Crippen molar-refractivity contribution in [2.24, 2.45) is 23.7 Å². The predicted molar refractivity (Wildman–Crippen MR) is 123 cm³/mol. The lowest BCUT2D eigenvalue weighted by atomic mass is 9.77. The lowest BCUT2D eigenvalue weighted by Crippen LogP contribution is -2.47. The van der Waals surface area contributed by atoms with Crippen molar-refractivity contribution >= 4 is 34.0 Å². The van der Waals surface area contributed by atoms with Crippen molar-refractivity contribution in [3.05, 3.63) is 0 Å². The first-order valence-corrected chi connectivity index (χ1v) is 14.4. The second-order valence-corrected chi connectivity index (χ2v) is 12.1. The van der Waals surface area contributed by atoms with Crippen LogP contribution < -0.4 is 0 Å². The number of ether oxygens (including phenoxy) is 5. The van der Waals surface area contributed by atoms with E-state index in [1.807, 2.05) is 6.92 Å². The minimum atomic E-state index is -5.83. The molecule has 4 aliphatic rings. The highest BCUT2D eigenvalue weighted by Crippen LogP contribution is 2.59. The number of alkyl halides is 2. The van der Waals surface area contributed by atoms with Crippen molar-refractivity contribution < 1.29 is 64.6 Å². The van der Waals surface area contributed by atoms with Gasteiger partial charge in [-0.1, -0.05) is 13.3 Å². The van der Waals surface area contributed by atoms with E-state index in [1.165, 1.54) is 0 Å². The van der Waals surface area contributed by atoms with Crippen LogP contribution in [-0.2, 0) is 53.0 Å². The highest BCUT2D eigenvalue weighted by Gasteiger charge is 2.70. The van der Waals surface area contributed by atoms with Crippen molar-refractivity contribution in [2.45, 2.75) is 88.0 Å². The van der Waals surface area contributed by atoms with Crippen LogP contribution in [0.25, 0.3) is 0 Å². The Balaban J connectivity index is 1.31. The molecule has 2 bridgehead atoms. The molecular weight excluding hydrogens is 550 g/mol. The Morgan fingerprint density at radius 2 is 1.77 bits per heavy atom. The van der Waals surface area contributed by atoms with Gasteiger partial charge in [-0.05, 0) is 45.4 Å². The fourth-order valence-corrected chi connectivity index (χ4v) is 6.85. The van der Waals surface area contributed by atoms with Gasteiger partial charge in [0.25, 0.3) is 0 Å². The average molecular weight is 583 g/mol. The van der Waals surface area contributed by atoms with E-state index in [-0.39, 0.29) is 5.92 Å². The van der Waals surface area contributed by atoms with E-state index in [4.69, 9.17) is 23.5 Å². The number of hydrogen-bond donors (Lipinski definition) is 1. The molecule has 39 heavy (non-hydrogen) atoms. The van der Waals surface area contributed by atoms with Gasteiger partial charge in [0.1, 0.15) is 31.0 Å². The summed E-state index contributed by atoms with van der Waals surface area (Å²) in [6.07, 6.45) is 1.38. The summed E-state index contributed by atoms with van der Waals surface area (Å²) < 4.78 is 83.0. The Morgan fingerprint density at radius 1 is 1.13 bits per heavy atom. The highest BCUT2D eigenvalue weighted by atomic mass is 32.2. The van der Waals surface area contributed by atoms with Gasteiger partial charge in [0.15, 0.2) is 6.10 Å². The zero-order chi connectivity index (χ0) is 28.8. The third kappa shape index (κ3) is 5.62. The van der Waals surface area contributed by atoms with Crippen LogP contribution >= 0.6 is 0 Å². The quantitative estimate of drug-likeness (QED) is 0.213. The number of carbonyl (C=O) groups is 4. The topological polar surface area (TPSA) is 169 Å². The second kappa shape index (κ2) is 10.9. The molecule has 15 heteroatoms. The average Bonchev–Trinajstić information content (AvgIpc) is 3.47. The Bertz CT molecular complexity index is 1100. The molecule has 0 aromatic heterocycles. The lowest BCUT2D eigenvalue weighted by molar-refractivity contribution is -0.180. The van der Waals surface area contributed by atoms with Gasteiger partial charge in [-0.25, -0.2) is 9.59 Å². The Kier molecular flexibility index (Phi) is 8.26. The van der Waals surface area contributed by atoms with Gasteiger partial charge in [0.05, 0.1) is 11.8 Å². The van der Waals surface area contributed by atoms with Crippen LogP contribution in [0.2, 0.25) is 0 Å². The van der Waals surface area contributed by atoms with E-state index in [9.17, 15) is 36.4 Å². The summed E-state index contributed by atoms with van der Waals surface area (Å²) in [4.78, 5) is 50.1. The monoisotopic (exact) mass is 582 g/mol. The molecule has 12 nitrogen and oxygen atoms in total. The van der Waals surface area contributed by atoms with Crippen molar-refractivity contribution in [1.29, 1.82) is 0 Å². The third-order valence-electron chi connectivity index (χ3n) is 8.38. The number of esters is 4. The molecule has 1 saturated heterocycles. The van der Waals surface area contributed by atoms with E-state index in [1.54, 1.807) is 0 Å². The van der Waals surface area contributed by atoms with Crippen LogP contribution in [0, 0.1) is 23.7 Å². The first-order chi connectivity index (χ1) is 18.2. The first kappa shape index (κ1) is 29.6. The molecule has 220 valence electrons. The van der Waals surface area contributed by atoms with Gasteiger partial charge in [0.2, 0.25) is 0 Å². The molecule has 0 aromatic rings. The van der Waals surface area contributed by atoms with Crippen molar-refractivity contribution in [1.82, 2.24) is 0 Å². The van der Waals surface area contributed by atoms with Gasteiger partial charge >= 0.3 is 39.2 Å². The van der Waals surface area contributed by atoms with Gasteiger partial charge in [0, 0.05) is 11.8 Å². The van der Waals surface area contributed by atoms with Gasteiger partial charge in [-0.2, -0.15) is 17.2 Å². The molecule has 0 spiro atoms. The number of fused-ring (bicyclic) bond motifs is 1. The van der Waals surface area contributed by atoms with Crippen LogP contribution in [0.1, 0.15) is 58.8 Å². The molecule has 0 amide bonds. The highest BCUT2D eigenvalue weighted by molar-refractivity contribution is 7.86. The Hall–Kier alpha value is -2.39. The van der Waals surface area contributed by atoms with E-state index in [0.29, 0.717) is 19.8 Å². The predicted octanol–water partition coefficient (Wildman–Crippen LogP) is 1.79. The summed E-state index contributed by atoms with van der Waals surface area (Å²) in [6.45, 7) is 0.722. The molecular formula is C24H32F2O12S. The van der Waals surface area contributed by atoms with E-state index in [0.717, 1.165) is 32.1 Å². The summed E-state index contributed by atoms with van der Waals surface area (Å²) >= 11 is 0. The molecule has 4 rings (SSSR count). The van der Waals surface area contributed by atoms with Crippen LogP contribution in [0.15, 0.2) is 0 Å². The number of carbonyl (C=O) groups excluding carboxylic acids is 4. The van der Waals surface area contributed by atoms with Gasteiger partial charge in [-0.15, -0.1) is 0 Å². The zero-order valence-corrected chi connectivity index (χ0v) is 22.3. The zero-order valence-electron chi connectivity index (χ0n) is 21.5. The van der Waals surface area contributed by atoms with Gasteiger partial charge < -0.3 is 23.7 Å². The fourth-order valence-electron chi connectivity index (χ4n) is 6.39. The molecule has 0 aromatic carbocycles. The molecule has 7 atom stereocenters. The summed E-state index contributed by atoms with van der Waals surface area (Å²) in [5.41, 5.74) is -0.573. The standard InChI is InChI=1S/C24H32F2O12S/c1-3-23(7-5-4-6-8-23)38-22(30)18-14-9-13-17(18)21(29)37-20(13)19(14)36-16(28)11-34-10-15(27)35-12(2)24(25,26)39(31,32)33/h12-14,17-20H,3-11H2,1-2H3,(H,31,32,33). The summed E-state index contributed by atoms with van der Waals surface area (Å²) in [6, 6.07) is 0. The molecule has 1 N–H and O–H groups in total. The maximum absolute atomic E-state index is 13.5. The second-order valence-electron chi connectivity index (χ2n) is 10.7. The molecule has 3 saturated carbocycles. The van der Waals surface area contributed by atoms with Crippen molar-refractivity contribution in [3.8, 4) is 0 Å². The summed E-state index contributed by atoms with van der Waals surface area (Å²) in [5.74, 6) is -5.67. The maximum atomic E-state index is 13.5. The smallest absolute Gasteiger partial charge is 0.405 e. The molecule has 3 aliphatic carbocycles. The van der Waals surface area contributed by atoms with E-state index >= 15 is 0 Å². The number of hydrogen-bond acceptors (Lipinski definition) is 11. The molecule has 1 aliphatic heterocycles.